The molecule has 37 heavy (non-hydrogen) atoms. The number of methoxy groups -OCH3 is 1. The molecule has 184 valence electrons. The van der Waals surface area contributed by atoms with Gasteiger partial charge in [0.2, 0.25) is 0 Å². The third-order valence-corrected chi connectivity index (χ3v) is 7.78. The fourth-order valence-electron chi connectivity index (χ4n) is 5.66. The molecule has 0 radical (unpaired) electrons. The zero-order chi connectivity index (χ0) is 24.9. The lowest BCUT2D eigenvalue weighted by Gasteiger charge is -2.29. The zero-order valence-electron chi connectivity index (χ0n) is 20.3. The van der Waals surface area contributed by atoms with Crippen molar-refractivity contribution in [2.75, 3.05) is 25.1 Å². The first-order valence-corrected chi connectivity index (χ1v) is 12.8. The largest absolute Gasteiger partial charge is 0.495 e. The molecule has 7 nitrogen and oxygen atoms in total. The summed E-state index contributed by atoms with van der Waals surface area (Å²) >= 11 is 6.34. The lowest BCUT2D eigenvalue weighted by Crippen LogP contribution is -2.43. The Morgan fingerprint density at radius 3 is 2.49 bits per heavy atom. The highest BCUT2D eigenvalue weighted by atomic mass is 35.5. The van der Waals surface area contributed by atoms with Crippen LogP contribution in [0, 0.1) is 0 Å². The molecule has 2 bridgehead atoms. The van der Waals surface area contributed by atoms with E-state index in [1.807, 2.05) is 47.1 Å². The van der Waals surface area contributed by atoms with Crippen molar-refractivity contribution in [2.24, 2.45) is 0 Å². The van der Waals surface area contributed by atoms with Gasteiger partial charge >= 0.3 is 0 Å². The Kier molecular flexibility index (Phi) is 5.34. The van der Waals surface area contributed by atoms with Gasteiger partial charge in [0.15, 0.2) is 5.65 Å². The van der Waals surface area contributed by atoms with E-state index in [2.05, 4.69) is 39.5 Å². The van der Waals surface area contributed by atoms with Crippen LogP contribution in [0.1, 0.15) is 6.42 Å². The van der Waals surface area contributed by atoms with Crippen LogP contribution in [0.5, 0.6) is 5.75 Å². The van der Waals surface area contributed by atoms with E-state index >= 15 is 0 Å². The first-order valence-electron chi connectivity index (χ1n) is 12.4. The molecule has 7 rings (SSSR count). The van der Waals surface area contributed by atoms with Crippen LogP contribution in [-0.2, 0) is 0 Å². The monoisotopic (exact) mass is 508 g/mol. The summed E-state index contributed by atoms with van der Waals surface area (Å²) in [7, 11) is 1.62. The number of piperazine rings is 1. The Morgan fingerprint density at radius 1 is 0.946 bits per heavy atom. The van der Waals surface area contributed by atoms with Gasteiger partial charge in [0.25, 0.3) is 0 Å². The zero-order valence-corrected chi connectivity index (χ0v) is 21.1. The predicted octanol–water partition coefficient (Wildman–Crippen LogP) is 5.34. The van der Waals surface area contributed by atoms with Crippen molar-refractivity contribution in [3.8, 4) is 39.4 Å². The first-order chi connectivity index (χ1) is 18.2. The summed E-state index contributed by atoms with van der Waals surface area (Å²) in [6.07, 6.45) is 6.63. The number of nitrogens with one attached hydrogen (secondary N) is 1. The molecule has 2 atom stereocenters. The molecule has 8 heteroatoms. The van der Waals surface area contributed by atoms with E-state index in [9.17, 15) is 0 Å². The normalized spacial score (nSPS) is 18.6. The number of halogens is 1. The molecule has 5 aromatic rings. The molecule has 0 unspecified atom stereocenters. The third kappa shape index (κ3) is 3.74. The highest BCUT2D eigenvalue weighted by molar-refractivity contribution is 6.32. The predicted molar refractivity (Wildman–Crippen MR) is 146 cm³/mol. The molecule has 2 saturated heterocycles. The lowest BCUT2D eigenvalue weighted by atomic mass is 10.0. The van der Waals surface area contributed by atoms with Gasteiger partial charge in [-0.05, 0) is 54.4 Å². The van der Waals surface area contributed by atoms with E-state index in [1.165, 1.54) is 12.1 Å². The summed E-state index contributed by atoms with van der Waals surface area (Å²) in [4.78, 5) is 11.5. The molecule has 2 fully saturated rings. The van der Waals surface area contributed by atoms with Gasteiger partial charge in [-0.2, -0.15) is 5.10 Å². The highest BCUT2D eigenvalue weighted by Crippen LogP contribution is 2.39. The fourth-order valence-corrected chi connectivity index (χ4v) is 5.85. The van der Waals surface area contributed by atoms with Gasteiger partial charge in [-0.15, -0.1) is 0 Å². The van der Waals surface area contributed by atoms with Crippen LogP contribution in [0.2, 0.25) is 5.02 Å². The molecular formula is C29H25ClN6O. The fraction of sp³-hybridized carbons (Fsp3) is 0.207. The number of aromatic nitrogens is 4. The molecule has 1 N–H and O–H groups in total. The minimum atomic E-state index is 0.559. The van der Waals surface area contributed by atoms with Crippen molar-refractivity contribution in [1.82, 2.24) is 24.9 Å². The van der Waals surface area contributed by atoms with Crippen molar-refractivity contribution >= 4 is 22.9 Å². The molecule has 5 heterocycles. The van der Waals surface area contributed by atoms with E-state index in [4.69, 9.17) is 26.4 Å². The van der Waals surface area contributed by atoms with Gasteiger partial charge < -0.3 is 15.0 Å². The average Bonchev–Trinajstić information content (AvgIpc) is 3.69. The Morgan fingerprint density at radius 2 is 1.76 bits per heavy atom. The summed E-state index contributed by atoms with van der Waals surface area (Å²) in [6.45, 7) is 2.15. The number of fused-ring (bicyclic) bond motifs is 3. The van der Waals surface area contributed by atoms with Crippen molar-refractivity contribution in [3.05, 3.63) is 84.3 Å². The van der Waals surface area contributed by atoms with Crippen LogP contribution in [0.3, 0.4) is 0 Å². The molecule has 0 saturated carbocycles. The van der Waals surface area contributed by atoms with Crippen molar-refractivity contribution in [2.45, 2.75) is 18.5 Å². The van der Waals surface area contributed by atoms with Gasteiger partial charge in [0, 0.05) is 60.6 Å². The van der Waals surface area contributed by atoms with Crippen LogP contribution in [0.4, 0.5) is 5.69 Å². The quantitative estimate of drug-likeness (QED) is 0.346. The van der Waals surface area contributed by atoms with Crippen LogP contribution in [0.25, 0.3) is 39.3 Å². The van der Waals surface area contributed by atoms with E-state index < -0.39 is 0 Å². The van der Waals surface area contributed by atoms with Crippen LogP contribution in [0.15, 0.2) is 79.3 Å². The average molecular weight is 509 g/mol. The number of benzene rings is 2. The van der Waals surface area contributed by atoms with Crippen molar-refractivity contribution < 1.29 is 4.74 Å². The topological polar surface area (TPSA) is 67.6 Å². The maximum Gasteiger partial charge on any atom is 0.164 e. The summed E-state index contributed by atoms with van der Waals surface area (Å²) < 4.78 is 7.44. The molecule has 0 aliphatic carbocycles. The van der Waals surface area contributed by atoms with E-state index in [-0.39, 0.29) is 0 Å². The van der Waals surface area contributed by atoms with Gasteiger partial charge in [-0.3, -0.25) is 4.98 Å². The number of hydrogen-bond acceptors (Lipinski definition) is 6. The van der Waals surface area contributed by atoms with Crippen LogP contribution in [-0.4, -0.2) is 51.9 Å². The van der Waals surface area contributed by atoms with Crippen molar-refractivity contribution in [3.63, 3.8) is 0 Å². The Bertz CT molecular complexity index is 1600. The summed E-state index contributed by atoms with van der Waals surface area (Å²) in [5.74, 6) is 0.608. The number of nitrogens with zero attached hydrogens (tertiary/aromatic N) is 5. The molecular weight excluding hydrogens is 484 g/mol. The van der Waals surface area contributed by atoms with E-state index in [0.717, 1.165) is 52.4 Å². The maximum absolute atomic E-state index is 6.34. The minimum Gasteiger partial charge on any atom is -0.495 e. The second-order valence-electron chi connectivity index (χ2n) is 9.57. The second-order valence-corrected chi connectivity index (χ2v) is 9.98. The van der Waals surface area contributed by atoms with E-state index in [1.54, 1.807) is 19.5 Å². The molecule has 2 aromatic carbocycles. The van der Waals surface area contributed by atoms with Crippen molar-refractivity contribution in [1.29, 1.82) is 0 Å². The van der Waals surface area contributed by atoms with Gasteiger partial charge in [-0.25, -0.2) is 9.50 Å². The molecule has 2 aliphatic heterocycles. The Labute approximate surface area is 219 Å². The van der Waals surface area contributed by atoms with Gasteiger partial charge in [0.05, 0.1) is 23.4 Å². The standard InChI is InChI=1S/C29H25ClN6O/c1-37-26-14-20(4-7-24(26)30)27-28(19-8-11-31-12-9-19)34-36-25(10-13-32-29(27)36)18-2-5-22(6-3-18)35-17-21-15-23(35)16-33-21/h2-14,21,23,33H,15-17H2,1H3/t21-,23-/m1/s1. The van der Waals surface area contributed by atoms with Crippen LogP contribution < -0.4 is 15.0 Å². The molecule has 0 amide bonds. The van der Waals surface area contributed by atoms with Gasteiger partial charge in [0.1, 0.15) is 11.4 Å². The first kappa shape index (κ1) is 22.3. The summed E-state index contributed by atoms with van der Waals surface area (Å²) in [5.41, 5.74) is 7.73. The Hall–Kier alpha value is -3.94. The third-order valence-electron chi connectivity index (χ3n) is 7.46. The number of ether oxygens (including phenoxy) is 1. The van der Waals surface area contributed by atoms with E-state index in [0.29, 0.717) is 22.9 Å². The lowest BCUT2D eigenvalue weighted by molar-refractivity contribution is 0.415. The summed E-state index contributed by atoms with van der Waals surface area (Å²) in [6, 6.07) is 21.7. The summed E-state index contributed by atoms with van der Waals surface area (Å²) in [5, 5.41) is 9.22. The minimum absolute atomic E-state index is 0.559. The number of rotatable bonds is 5. The number of hydrogen-bond donors (Lipinski definition) is 1. The molecule has 3 aromatic heterocycles. The molecule has 0 spiro atoms. The number of anilines is 1. The second kappa shape index (κ2) is 8.87. The number of pyridine rings is 1. The van der Waals surface area contributed by atoms with Crippen LogP contribution >= 0.6 is 11.6 Å². The SMILES string of the molecule is COc1cc(-c2c(-c3ccncc3)nn3c(-c4ccc(N5C[C@H]6C[C@@H]5CN6)cc4)ccnc23)ccc1Cl. The maximum atomic E-state index is 6.34. The smallest absolute Gasteiger partial charge is 0.164 e. The highest BCUT2D eigenvalue weighted by Gasteiger charge is 2.37. The Balaban J connectivity index is 1.37. The van der Waals surface area contributed by atoms with Gasteiger partial charge in [-0.1, -0.05) is 29.8 Å². The molecule has 2 aliphatic rings.